The SMILES string of the molecule is O=C(O)c1ccc(S(=O)(=O)C2COC2)cc1. The van der Waals surface area contributed by atoms with Gasteiger partial charge in [0.15, 0.2) is 9.84 Å². The van der Waals surface area contributed by atoms with E-state index in [9.17, 15) is 13.2 Å². The van der Waals surface area contributed by atoms with Gasteiger partial charge < -0.3 is 9.84 Å². The van der Waals surface area contributed by atoms with Gasteiger partial charge in [-0.2, -0.15) is 0 Å². The Morgan fingerprint density at radius 2 is 1.81 bits per heavy atom. The third-order valence-corrected chi connectivity index (χ3v) is 4.56. The lowest BCUT2D eigenvalue weighted by molar-refractivity contribution is 0.0416. The van der Waals surface area contributed by atoms with Crippen molar-refractivity contribution in [3.63, 3.8) is 0 Å². The van der Waals surface area contributed by atoms with Crippen molar-refractivity contribution >= 4 is 15.8 Å². The first-order valence-electron chi connectivity index (χ1n) is 4.67. The molecule has 1 fully saturated rings. The van der Waals surface area contributed by atoms with Crippen molar-refractivity contribution in [3.05, 3.63) is 29.8 Å². The molecule has 1 heterocycles. The quantitative estimate of drug-likeness (QED) is 0.837. The van der Waals surface area contributed by atoms with E-state index >= 15 is 0 Å². The number of hydrogen-bond donors (Lipinski definition) is 1. The lowest BCUT2D eigenvalue weighted by Gasteiger charge is -2.25. The third kappa shape index (κ3) is 1.81. The molecule has 1 aromatic rings. The van der Waals surface area contributed by atoms with E-state index in [2.05, 4.69) is 0 Å². The Hall–Kier alpha value is -1.40. The molecule has 1 aliphatic rings. The largest absolute Gasteiger partial charge is 0.478 e. The molecule has 1 saturated heterocycles. The van der Waals surface area contributed by atoms with Gasteiger partial charge in [0.25, 0.3) is 0 Å². The van der Waals surface area contributed by atoms with Gasteiger partial charge in [0.2, 0.25) is 0 Å². The second-order valence-electron chi connectivity index (χ2n) is 3.53. The number of sulfone groups is 1. The molecular weight excluding hydrogens is 232 g/mol. The van der Waals surface area contributed by atoms with Crippen molar-refractivity contribution in [1.29, 1.82) is 0 Å². The summed E-state index contributed by atoms with van der Waals surface area (Å²) in [5, 5.41) is 8.18. The van der Waals surface area contributed by atoms with Gasteiger partial charge in [-0.25, -0.2) is 13.2 Å². The molecule has 0 amide bonds. The Bertz CT molecular complexity index is 499. The molecule has 0 radical (unpaired) electrons. The summed E-state index contributed by atoms with van der Waals surface area (Å²) in [7, 11) is -3.36. The molecule has 0 spiro atoms. The summed E-state index contributed by atoms with van der Waals surface area (Å²) < 4.78 is 28.6. The number of benzene rings is 1. The second-order valence-corrected chi connectivity index (χ2v) is 5.76. The van der Waals surface area contributed by atoms with Crippen LogP contribution in [-0.4, -0.2) is 38.0 Å². The summed E-state index contributed by atoms with van der Waals surface area (Å²) in [6.45, 7) is 0.423. The van der Waals surface area contributed by atoms with Gasteiger partial charge in [-0.05, 0) is 24.3 Å². The minimum absolute atomic E-state index is 0.0730. The Morgan fingerprint density at radius 1 is 1.25 bits per heavy atom. The third-order valence-electron chi connectivity index (χ3n) is 2.48. The summed E-state index contributed by atoms with van der Waals surface area (Å²) in [6, 6.07) is 5.21. The molecule has 0 saturated carbocycles. The van der Waals surface area contributed by atoms with E-state index in [1.807, 2.05) is 0 Å². The fourth-order valence-corrected chi connectivity index (χ4v) is 2.82. The predicted molar refractivity (Wildman–Crippen MR) is 55.2 cm³/mol. The molecule has 0 unspecified atom stereocenters. The molecule has 1 aromatic carbocycles. The molecule has 0 aliphatic carbocycles. The van der Waals surface area contributed by atoms with Crippen LogP contribution in [0, 0.1) is 0 Å². The standard InChI is InChI=1S/C10H10O5S/c11-10(12)7-1-3-8(4-2-7)16(13,14)9-5-15-6-9/h1-4,9H,5-6H2,(H,11,12). The van der Waals surface area contributed by atoms with Crippen LogP contribution < -0.4 is 0 Å². The Morgan fingerprint density at radius 3 is 2.19 bits per heavy atom. The van der Waals surface area contributed by atoms with Crippen molar-refractivity contribution in [2.75, 3.05) is 13.2 Å². The van der Waals surface area contributed by atoms with E-state index in [0.29, 0.717) is 0 Å². The molecule has 5 nitrogen and oxygen atoms in total. The Labute approximate surface area is 92.6 Å². The van der Waals surface area contributed by atoms with E-state index < -0.39 is 21.1 Å². The lowest BCUT2D eigenvalue weighted by atomic mass is 10.2. The molecule has 0 atom stereocenters. The number of ether oxygens (including phenoxy) is 1. The Kier molecular flexibility index (Phi) is 2.69. The molecule has 16 heavy (non-hydrogen) atoms. The van der Waals surface area contributed by atoms with E-state index in [-0.39, 0.29) is 23.7 Å². The molecule has 1 aliphatic heterocycles. The average Bonchev–Trinajstić information content (AvgIpc) is 2.14. The van der Waals surface area contributed by atoms with E-state index in [1.165, 1.54) is 24.3 Å². The number of rotatable bonds is 3. The number of carboxylic acids is 1. The summed E-state index contributed by atoms with van der Waals surface area (Å²) in [5.41, 5.74) is 0.0730. The van der Waals surface area contributed by atoms with Gasteiger partial charge >= 0.3 is 5.97 Å². The second kappa shape index (κ2) is 3.88. The van der Waals surface area contributed by atoms with Crippen LogP contribution >= 0.6 is 0 Å². The topological polar surface area (TPSA) is 80.7 Å². The van der Waals surface area contributed by atoms with Crippen LogP contribution in [0.5, 0.6) is 0 Å². The van der Waals surface area contributed by atoms with E-state index in [4.69, 9.17) is 9.84 Å². The minimum Gasteiger partial charge on any atom is -0.478 e. The lowest BCUT2D eigenvalue weighted by Crippen LogP contribution is -2.40. The molecule has 6 heteroatoms. The highest BCUT2D eigenvalue weighted by Crippen LogP contribution is 2.21. The Balaban J connectivity index is 2.31. The fourth-order valence-electron chi connectivity index (χ4n) is 1.37. The van der Waals surface area contributed by atoms with Crippen LogP contribution in [0.25, 0.3) is 0 Å². The van der Waals surface area contributed by atoms with E-state index in [1.54, 1.807) is 0 Å². The normalized spacial score (nSPS) is 16.8. The highest BCUT2D eigenvalue weighted by Gasteiger charge is 2.33. The van der Waals surface area contributed by atoms with Crippen LogP contribution in [-0.2, 0) is 14.6 Å². The zero-order valence-electron chi connectivity index (χ0n) is 8.29. The van der Waals surface area contributed by atoms with Crippen LogP contribution in [0.4, 0.5) is 0 Å². The first-order valence-corrected chi connectivity index (χ1v) is 6.21. The maximum absolute atomic E-state index is 11.9. The van der Waals surface area contributed by atoms with Crippen molar-refractivity contribution in [2.24, 2.45) is 0 Å². The molecule has 0 bridgehead atoms. The van der Waals surface area contributed by atoms with Crippen LogP contribution in [0.2, 0.25) is 0 Å². The maximum atomic E-state index is 11.9. The number of aromatic carboxylic acids is 1. The molecule has 0 aromatic heterocycles. The number of carbonyl (C=O) groups is 1. The fraction of sp³-hybridized carbons (Fsp3) is 0.300. The first kappa shape index (κ1) is 11.1. The summed E-state index contributed by atoms with van der Waals surface area (Å²) in [5.74, 6) is -1.07. The predicted octanol–water partition coefficient (Wildman–Crippen LogP) is 0.557. The first-order chi connectivity index (χ1) is 7.51. The summed E-state index contributed by atoms with van der Waals surface area (Å²) in [6.07, 6.45) is 0. The van der Waals surface area contributed by atoms with Gasteiger partial charge in [-0.1, -0.05) is 0 Å². The highest BCUT2D eigenvalue weighted by molar-refractivity contribution is 7.92. The van der Waals surface area contributed by atoms with Crippen molar-refractivity contribution in [2.45, 2.75) is 10.1 Å². The average molecular weight is 242 g/mol. The molecule has 2 rings (SSSR count). The van der Waals surface area contributed by atoms with Gasteiger partial charge in [-0.3, -0.25) is 0 Å². The van der Waals surface area contributed by atoms with Crippen molar-refractivity contribution in [1.82, 2.24) is 0 Å². The van der Waals surface area contributed by atoms with Gasteiger partial charge in [0.05, 0.1) is 23.7 Å². The zero-order valence-corrected chi connectivity index (χ0v) is 9.11. The number of carboxylic acid groups (broad SMARTS) is 1. The monoisotopic (exact) mass is 242 g/mol. The maximum Gasteiger partial charge on any atom is 0.335 e. The molecule has 1 N–H and O–H groups in total. The van der Waals surface area contributed by atoms with Crippen molar-refractivity contribution < 1.29 is 23.1 Å². The zero-order chi connectivity index (χ0) is 11.8. The van der Waals surface area contributed by atoms with Gasteiger partial charge in [0.1, 0.15) is 5.25 Å². The smallest absolute Gasteiger partial charge is 0.335 e. The van der Waals surface area contributed by atoms with Crippen LogP contribution in [0.15, 0.2) is 29.2 Å². The van der Waals surface area contributed by atoms with Gasteiger partial charge in [0, 0.05) is 0 Å². The minimum atomic E-state index is -3.36. The number of hydrogen-bond acceptors (Lipinski definition) is 4. The van der Waals surface area contributed by atoms with Crippen LogP contribution in [0.3, 0.4) is 0 Å². The van der Waals surface area contributed by atoms with Crippen LogP contribution in [0.1, 0.15) is 10.4 Å². The highest BCUT2D eigenvalue weighted by atomic mass is 32.2. The molecular formula is C10H10O5S. The van der Waals surface area contributed by atoms with Gasteiger partial charge in [-0.15, -0.1) is 0 Å². The molecule has 86 valence electrons. The summed E-state index contributed by atoms with van der Waals surface area (Å²) >= 11 is 0. The van der Waals surface area contributed by atoms with E-state index in [0.717, 1.165) is 0 Å². The summed E-state index contributed by atoms with van der Waals surface area (Å²) in [4.78, 5) is 10.7. The van der Waals surface area contributed by atoms with Crippen molar-refractivity contribution in [3.8, 4) is 0 Å².